The van der Waals surface area contributed by atoms with Crippen LogP contribution in [0.5, 0.6) is 0 Å². The van der Waals surface area contributed by atoms with E-state index in [0.717, 1.165) is 22.5 Å². The fourth-order valence-corrected chi connectivity index (χ4v) is 3.64. The number of carbonyl (C=O) groups excluding carboxylic acids is 1. The van der Waals surface area contributed by atoms with E-state index in [4.69, 9.17) is 4.52 Å². The molecule has 1 amide bonds. The lowest BCUT2D eigenvalue weighted by Gasteiger charge is -2.14. The average molecular weight is 384 g/mol. The van der Waals surface area contributed by atoms with Gasteiger partial charge in [-0.3, -0.25) is 9.32 Å². The third-order valence-electron chi connectivity index (χ3n) is 4.19. The number of para-hydroxylation sites is 1. The molecule has 3 aromatic rings. The van der Waals surface area contributed by atoms with E-state index in [1.54, 1.807) is 4.68 Å². The van der Waals surface area contributed by atoms with Gasteiger partial charge in [0.2, 0.25) is 11.6 Å². The smallest absolute Gasteiger partial charge is 0.325 e. The SMILES string of the molecule is CCC(Sc1c(=O)o[nH][n+]1-c1ccccc1)C(=O)Nc1cc(C)ccc1C. The van der Waals surface area contributed by atoms with Gasteiger partial charge in [0.15, 0.2) is 0 Å². The van der Waals surface area contributed by atoms with Crippen LogP contribution in [0.3, 0.4) is 0 Å². The Hall–Kier alpha value is -2.80. The zero-order valence-corrected chi connectivity index (χ0v) is 16.3. The van der Waals surface area contributed by atoms with Gasteiger partial charge >= 0.3 is 10.7 Å². The van der Waals surface area contributed by atoms with Crippen LogP contribution in [-0.4, -0.2) is 16.4 Å². The van der Waals surface area contributed by atoms with E-state index in [-0.39, 0.29) is 5.91 Å². The van der Waals surface area contributed by atoms with Crippen molar-refractivity contribution < 1.29 is 14.0 Å². The summed E-state index contributed by atoms with van der Waals surface area (Å²) in [7, 11) is 0. The third-order valence-corrected chi connectivity index (χ3v) is 5.59. The van der Waals surface area contributed by atoms with Crippen molar-refractivity contribution in [3.63, 3.8) is 0 Å². The highest BCUT2D eigenvalue weighted by atomic mass is 32.2. The summed E-state index contributed by atoms with van der Waals surface area (Å²) in [6.07, 6.45) is 0.570. The van der Waals surface area contributed by atoms with Crippen molar-refractivity contribution in [3.8, 4) is 5.69 Å². The van der Waals surface area contributed by atoms with Crippen molar-refractivity contribution in [1.29, 1.82) is 0 Å². The first-order valence-electron chi connectivity index (χ1n) is 8.73. The van der Waals surface area contributed by atoms with Crippen LogP contribution in [0.1, 0.15) is 24.5 Å². The average Bonchev–Trinajstić information content (AvgIpc) is 3.03. The fraction of sp³-hybridized carbons (Fsp3) is 0.250. The van der Waals surface area contributed by atoms with Gasteiger partial charge in [-0.05, 0) is 59.2 Å². The van der Waals surface area contributed by atoms with E-state index in [2.05, 4.69) is 10.6 Å². The first-order chi connectivity index (χ1) is 13.0. The molecular weight excluding hydrogens is 362 g/mol. The molecule has 0 radical (unpaired) electrons. The van der Waals surface area contributed by atoms with E-state index in [0.29, 0.717) is 11.4 Å². The number of hydrogen-bond acceptors (Lipinski definition) is 4. The number of aryl methyl sites for hydroxylation is 2. The number of hydrogen-bond donors (Lipinski definition) is 2. The van der Waals surface area contributed by atoms with Crippen LogP contribution in [-0.2, 0) is 4.79 Å². The molecule has 140 valence electrons. The summed E-state index contributed by atoms with van der Waals surface area (Å²) in [6, 6.07) is 15.3. The molecule has 1 heterocycles. The Labute approximate surface area is 161 Å². The predicted molar refractivity (Wildman–Crippen MR) is 105 cm³/mol. The predicted octanol–water partition coefficient (Wildman–Crippen LogP) is 3.37. The molecule has 0 saturated carbocycles. The second-order valence-corrected chi connectivity index (χ2v) is 7.47. The quantitative estimate of drug-likeness (QED) is 0.504. The van der Waals surface area contributed by atoms with Gasteiger partial charge in [0, 0.05) is 17.8 Å². The molecule has 0 aliphatic rings. The lowest BCUT2D eigenvalue weighted by molar-refractivity contribution is -0.704. The minimum absolute atomic E-state index is 0.142. The second-order valence-electron chi connectivity index (χ2n) is 6.28. The van der Waals surface area contributed by atoms with Crippen LogP contribution in [0.2, 0.25) is 0 Å². The Kier molecular flexibility index (Phi) is 5.81. The maximum atomic E-state index is 12.8. The summed E-state index contributed by atoms with van der Waals surface area (Å²) in [6.45, 7) is 5.85. The van der Waals surface area contributed by atoms with E-state index in [1.807, 2.05) is 69.3 Å². The van der Waals surface area contributed by atoms with Gasteiger partial charge in [0.1, 0.15) is 0 Å². The van der Waals surface area contributed by atoms with Crippen molar-refractivity contribution in [2.45, 2.75) is 37.5 Å². The van der Waals surface area contributed by atoms with Crippen LogP contribution >= 0.6 is 11.8 Å². The topological polar surface area (TPSA) is 79.0 Å². The molecule has 6 nitrogen and oxygen atoms in total. The zero-order chi connectivity index (χ0) is 19.4. The molecule has 0 spiro atoms. The molecule has 27 heavy (non-hydrogen) atoms. The number of nitrogens with zero attached hydrogens (tertiary/aromatic N) is 1. The molecule has 2 N–H and O–H groups in total. The van der Waals surface area contributed by atoms with E-state index >= 15 is 0 Å². The van der Waals surface area contributed by atoms with E-state index < -0.39 is 10.9 Å². The molecule has 0 bridgehead atoms. The minimum atomic E-state index is -0.498. The number of benzene rings is 2. The standard InChI is InChI=1S/C20H21N3O3S/c1-4-17(18(24)21-16-12-13(2)10-11-14(16)3)27-19-20(25)26-22-23(19)15-8-6-5-7-9-15/h5-12,17H,4H2,1-3H3,(H-,21,22,24,25)/p+1. The largest absolute Gasteiger partial charge is 0.442 e. The summed E-state index contributed by atoms with van der Waals surface area (Å²) >= 11 is 1.19. The molecule has 1 aromatic heterocycles. The number of aromatic amines is 1. The van der Waals surface area contributed by atoms with Crippen molar-refractivity contribution in [3.05, 3.63) is 70.1 Å². The Bertz CT molecular complexity index is 995. The fourth-order valence-electron chi connectivity index (χ4n) is 2.65. The number of H-pyrrole nitrogens is 1. The highest BCUT2D eigenvalue weighted by Gasteiger charge is 2.30. The molecule has 1 atom stereocenters. The first-order valence-corrected chi connectivity index (χ1v) is 9.61. The van der Waals surface area contributed by atoms with Crippen LogP contribution < -0.4 is 15.6 Å². The summed E-state index contributed by atoms with van der Waals surface area (Å²) in [5, 5.41) is 5.49. The molecule has 0 saturated heterocycles. The third kappa shape index (κ3) is 4.31. The van der Waals surface area contributed by atoms with Crippen LogP contribution in [0.15, 0.2) is 62.9 Å². The van der Waals surface area contributed by atoms with Gasteiger partial charge in [0.05, 0.1) is 5.25 Å². The molecule has 0 aliphatic heterocycles. The van der Waals surface area contributed by atoms with Gasteiger partial charge in [-0.1, -0.05) is 37.3 Å². The Morgan fingerprint density at radius 3 is 2.67 bits per heavy atom. The molecule has 2 aromatic carbocycles. The lowest BCUT2D eigenvalue weighted by Crippen LogP contribution is -2.37. The Morgan fingerprint density at radius 1 is 1.22 bits per heavy atom. The number of nitrogens with one attached hydrogen (secondary N) is 2. The monoisotopic (exact) mass is 384 g/mol. The number of thioether (sulfide) groups is 1. The Morgan fingerprint density at radius 2 is 1.96 bits per heavy atom. The number of aromatic nitrogens is 2. The van der Waals surface area contributed by atoms with Crippen LogP contribution in [0.4, 0.5) is 5.69 Å². The molecule has 7 heteroatoms. The van der Waals surface area contributed by atoms with Crippen molar-refractivity contribution in [2.24, 2.45) is 0 Å². The molecule has 3 rings (SSSR count). The van der Waals surface area contributed by atoms with E-state index in [9.17, 15) is 9.59 Å². The van der Waals surface area contributed by atoms with Gasteiger partial charge in [-0.2, -0.15) is 0 Å². The molecule has 1 unspecified atom stereocenters. The summed E-state index contributed by atoms with van der Waals surface area (Å²) < 4.78 is 6.51. The van der Waals surface area contributed by atoms with Crippen molar-refractivity contribution in [1.82, 2.24) is 5.27 Å². The summed E-state index contributed by atoms with van der Waals surface area (Å²) in [5.41, 5.74) is 3.12. The normalized spacial score (nSPS) is 12.0. The molecule has 0 aliphatic carbocycles. The second kappa shape index (κ2) is 8.26. The van der Waals surface area contributed by atoms with E-state index in [1.165, 1.54) is 11.8 Å². The number of rotatable bonds is 6. The van der Waals surface area contributed by atoms with Gasteiger partial charge < -0.3 is 5.32 Å². The van der Waals surface area contributed by atoms with Crippen molar-refractivity contribution >= 4 is 23.4 Å². The lowest BCUT2D eigenvalue weighted by atomic mass is 10.1. The van der Waals surface area contributed by atoms with Gasteiger partial charge in [-0.25, -0.2) is 4.79 Å². The van der Waals surface area contributed by atoms with Gasteiger partial charge in [-0.15, -0.1) is 0 Å². The van der Waals surface area contributed by atoms with Crippen LogP contribution in [0.25, 0.3) is 5.69 Å². The maximum Gasteiger partial charge on any atom is 0.442 e. The van der Waals surface area contributed by atoms with Crippen molar-refractivity contribution in [2.75, 3.05) is 5.32 Å². The molecular formula is C20H22N3O3S+. The number of anilines is 1. The first kappa shape index (κ1) is 19.0. The highest BCUT2D eigenvalue weighted by molar-refractivity contribution is 8.00. The maximum absolute atomic E-state index is 12.8. The summed E-state index contributed by atoms with van der Waals surface area (Å²) in [5.74, 6) is -0.142. The van der Waals surface area contributed by atoms with Crippen LogP contribution in [0, 0.1) is 13.8 Å². The number of amides is 1. The summed E-state index contributed by atoms with van der Waals surface area (Å²) in [4.78, 5) is 25.0. The minimum Gasteiger partial charge on any atom is -0.325 e. The zero-order valence-electron chi connectivity index (χ0n) is 15.5. The number of carbonyl (C=O) groups is 1. The Balaban J connectivity index is 1.83. The molecule has 0 fully saturated rings. The van der Waals surface area contributed by atoms with Gasteiger partial charge in [0.25, 0.3) is 0 Å². The highest BCUT2D eigenvalue weighted by Crippen LogP contribution is 2.24.